The van der Waals surface area contributed by atoms with Crippen LogP contribution in [0.15, 0.2) is 12.4 Å². The lowest BCUT2D eigenvalue weighted by atomic mass is 9.93. The lowest BCUT2D eigenvalue weighted by molar-refractivity contribution is -0.139. The topological polar surface area (TPSA) is 63.1 Å². The molecule has 1 rings (SSSR count). The van der Waals surface area contributed by atoms with Gasteiger partial charge in [0.05, 0.1) is 11.6 Å². The van der Waals surface area contributed by atoms with Gasteiger partial charge in [-0.2, -0.15) is 0 Å². The highest BCUT2D eigenvalue weighted by atomic mass is 16.4. The van der Waals surface area contributed by atoms with Gasteiger partial charge in [0.1, 0.15) is 6.33 Å². The Hall–Kier alpha value is -1.45. The first-order valence-corrected chi connectivity index (χ1v) is 6.08. The van der Waals surface area contributed by atoms with E-state index in [1.54, 1.807) is 0 Å². The Labute approximate surface area is 102 Å². The Morgan fingerprint density at radius 2 is 2.12 bits per heavy atom. The highest BCUT2D eigenvalue weighted by molar-refractivity contribution is 5.75. The number of carboxylic acids is 1. The zero-order valence-corrected chi connectivity index (χ0v) is 10.7. The molecule has 1 unspecified atom stereocenters. The number of aromatic nitrogens is 2. The Kier molecular flexibility index (Phi) is 5.07. The highest BCUT2D eigenvalue weighted by Crippen LogP contribution is 2.22. The molecule has 1 aromatic heterocycles. The largest absolute Gasteiger partial charge is 0.481 e. The molecule has 0 aliphatic carbocycles. The number of carbonyl (C=O) groups is 1. The van der Waals surface area contributed by atoms with Crippen molar-refractivity contribution in [1.82, 2.24) is 9.97 Å². The molecule has 0 spiro atoms. The molecule has 1 aromatic rings. The summed E-state index contributed by atoms with van der Waals surface area (Å²) in [6, 6.07) is 1.82. The van der Waals surface area contributed by atoms with Crippen molar-refractivity contribution in [3.05, 3.63) is 23.8 Å². The van der Waals surface area contributed by atoms with Crippen molar-refractivity contribution in [3.8, 4) is 0 Å². The summed E-state index contributed by atoms with van der Waals surface area (Å²) in [5.74, 6) is -0.992. The van der Waals surface area contributed by atoms with Crippen LogP contribution in [-0.4, -0.2) is 21.0 Å². The number of carboxylic acid groups (broad SMARTS) is 1. The Bertz CT molecular complexity index is 377. The van der Waals surface area contributed by atoms with Crippen molar-refractivity contribution in [1.29, 1.82) is 0 Å². The number of nitrogens with zero attached hydrogens (tertiary/aromatic N) is 2. The third kappa shape index (κ3) is 4.13. The van der Waals surface area contributed by atoms with E-state index in [9.17, 15) is 9.90 Å². The van der Waals surface area contributed by atoms with Gasteiger partial charge in [-0.15, -0.1) is 0 Å². The second kappa shape index (κ2) is 6.33. The zero-order valence-electron chi connectivity index (χ0n) is 10.7. The molecule has 0 radical (unpaired) electrons. The predicted octanol–water partition coefficient (Wildman–Crippen LogP) is 2.64. The molecule has 0 amide bonds. The average Bonchev–Trinajstić information content (AvgIpc) is 2.26. The maximum absolute atomic E-state index is 11.2. The quantitative estimate of drug-likeness (QED) is 0.824. The summed E-state index contributed by atoms with van der Waals surface area (Å²) in [5, 5.41) is 9.24. The number of aliphatic carboxylic acids is 1. The first kappa shape index (κ1) is 13.6. The van der Waals surface area contributed by atoms with Crippen molar-refractivity contribution in [2.45, 2.75) is 46.0 Å². The van der Waals surface area contributed by atoms with Crippen molar-refractivity contribution >= 4 is 5.97 Å². The number of rotatable bonds is 6. The van der Waals surface area contributed by atoms with Gasteiger partial charge in [0.25, 0.3) is 0 Å². The van der Waals surface area contributed by atoms with Gasteiger partial charge in [0.15, 0.2) is 0 Å². The van der Waals surface area contributed by atoms with Crippen LogP contribution in [0.25, 0.3) is 0 Å². The molecular weight excluding hydrogens is 216 g/mol. The van der Waals surface area contributed by atoms with Crippen LogP contribution in [0.3, 0.4) is 0 Å². The molecule has 0 saturated carbocycles. The molecule has 0 fully saturated rings. The van der Waals surface area contributed by atoms with E-state index in [0.717, 1.165) is 18.5 Å². The van der Waals surface area contributed by atoms with Gasteiger partial charge in [-0.25, -0.2) is 9.97 Å². The van der Waals surface area contributed by atoms with Crippen LogP contribution in [-0.2, 0) is 11.2 Å². The molecule has 1 atom stereocenters. The molecular formula is C13H20N2O2. The van der Waals surface area contributed by atoms with E-state index in [0.29, 0.717) is 18.0 Å². The van der Waals surface area contributed by atoms with E-state index in [1.165, 1.54) is 6.33 Å². The van der Waals surface area contributed by atoms with Crippen LogP contribution in [0, 0.1) is 5.92 Å². The molecule has 94 valence electrons. The molecule has 0 aliphatic heterocycles. The lowest BCUT2D eigenvalue weighted by Gasteiger charge is -2.14. The van der Waals surface area contributed by atoms with E-state index < -0.39 is 11.9 Å². The van der Waals surface area contributed by atoms with Crippen LogP contribution in [0.2, 0.25) is 0 Å². The molecule has 0 aliphatic rings. The summed E-state index contributed by atoms with van der Waals surface area (Å²) in [5.41, 5.74) is 1.55. The summed E-state index contributed by atoms with van der Waals surface area (Å²) in [6.07, 6.45) is 3.94. The van der Waals surface area contributed by atoms with Crippen LogP contribution in [0.4, 0.5) is 0 Å². The molecule has 1 heterocycles. The Balaban J connectivity index is 2.93. The third-order valence-electron chi connectivity index (χ3n) is 2.61. The molecule has 17 heavy (non-hydrogen) atoms. The summed E-state index contributed by atoms with van der Waals surface area (Å²) in [7, 11) is 0. The van der Waals surface area contributed by atoms with E-state index in [4.69, 9.17) is 0 Å². The fourth-order valence-corrected chi connectivity index (χ4v) is 1.82. The van der Waals surface area contributed by atoms with E-state index in [2.05, 4.69) is 16.9 Å². The van der Waals surface area contributed by atoms with Crippen molar-refractivity contribution in [3.63, 3.8) is 0 Å². The van der Waals surface area contributed by atoms with Gasteiger partial charge in [-0.1, -0.05) is 27.2 Å². The van der Waals surface area contributed by atoms with Crippen LogP contribution >= 0.6 is 0 Å². The molecule has 1 N–H and O–H groups in total. The Morgan fingerprint density at radius 1 is 1.41 bits per heavy atom. The zero-order chi connectivity index (χ0) is 12.8. The summed E-state index contributed by atoms with van der Waals surface area (Å²) in [6.45, 7) is 6.11. The smallest absolute Gasteiger partial charge is 0.312 e. The van der Waals surface area contributed by atoms with Gasteiger partial charge in [-0.3, -0.25) is 4.79 Å². The Morgan fingerprint density at radius 3 is 2.65 bits per heavy atom. The lowest BCUT2D eigenvalue weighted by Crippen LogP contribution is -2.16. The summed E-state index contributed by atoms with van der Waals surface area (Å²) >= 11 is 0. The van der Waals surface area contributed by atoms with E-state index >= 15 is 0 Å². The summed E-state index contributed by atoms with van der Waals surface area (Å²) in [4.78, 5) is 19.5. The van der Waals surface area contributed by atoms with Crippen LogP contribution in [0.1, 0.15) is 50.9 Å². The minimum atomic E-state index is -0.806. The monoisotopic (exact) mass is 236 g/mol. The maximum atomic E-state index is 11.2. The fraction of sp³-hybridized carbons (Fsp3) is 0.615. The van der Waals surface area contributed by atoms with Gasteiger partial charge < -0.3 is 5.11 Å². The maximum Gasteiger partial charge on any atom is 0.312 e. The highest BCUT2D eigenvalue weighted by Gasteiger charge is 2.22. The molecule has 0 saturated heterocycles. The second-order valence-corrected chi connectivity index (χ2v) is 4.70. The van der Waals surface area contributed by atoms with Crippen molar-refractivity contribution in [2.75, 3.05) is 0 Å². The fourth-order valence-electron chi connectivity index (χ4n) is 1.82. The third-order valence-corrected chi connectivity index (χ3v) is 2.61. The average molecular weight is 236 g/mol. The minimum Gasteiger partial charge on any atom is -0.481 e. The molecule has 4 nitrogen and oxygen atoms in total. The first-order chi connectivity index (χ1) is 8.04. The molecule has 4 heteroatoms. The number of hydrogen-bond donors (Lipinski definition) is 1. The van der Waals surface area contributed by atoms with Crippen molar-refractivity contribution < 1.29 is 9.90 Å². The van der Waals surface area contributed by atoms with E-state index in [1.807, 2.05) is 19.9 Å². The van der Waals surface area contributed by atoms with Gasteiger partial charge in [0, 0.05) is 5.69 Å². The van der Waals surface area contributed by atoms with Gasteiger partial charge in [-0.05, 0) is 24.8 Å². The SMILES string of the molecule is CCCc1cc(C(CC(C)C)C(=O)O)ncn1. The number of aryl methyl sites for hydroxylation is 1. The first-order valence-electron chi connectivity index (χ1n) is 6.08. The van der Waals surface area contributed by atoms with E-state index in [-0.39, 0.29) is 0 Å². The second-order valence-electron chi connectivity index (χ2n) is 4.70. The van der Waals surface area contributed by atoms with Crippen LogP contribution < -0.4 is 0 Å². The minimum absolute atomic E-state index is 0.334. The van der Waals surface area contributed by atoms with Crippen LogP contribution in [0.5, 0.6) is 0 Å². The standard InChI is InChI=1S/C13H20N2O2/c1-4-5-10-7-12(15-8-14-10)11(13(16)17)6-9(2)3/h7-9,11H,4-6H2,1-3H3,(H,16,17). The van der Waals surface area contributed by atoms with Crippen molar-refractivity contribution in [2.24, 2.45) is 5.92 Å². The molecule has 0 bridgehead atoms. The van der Waals surface area contributed by atoms with Gasteiger partial charge >= 0.3 is 5.97 Å². The predicted molar refractivity (Wildman–Crippen MR) is 65.9 cm³/mol. The molecule has 0 aromatic carbocycles. The van der Waals surface area contributed by atoms with Gasteiger partial charge in [0.2, 0.25) is 0 Å². The number of hydrogen-bond acceptors (Lipinski definition) is 3. The summed E-state index contributed by atoms with van der Waals surface area (Å²) < 4.78 is 0. The normalized spacial score (nSPS) is 12.7.